The first-order valence-corrected chi connectivity index (χ1v) is 7.91. The molecule has 1 aromatic carbocycles. The van der Waals surface area contributed by atoms with Crippen molar-refractivity contribution in [1.29, 1.82) is 0 Å². The summed E-state index contributed by atoms with van der Waals surface area (Å²) in [5.41, 5.74) is 0.160. The highest BCUT2D eigenvalue weighted by molar-refractivity contribution is 5.75. The molecule has 0 bridgehead atoms. The van der Waals surface area contributed by atoms with Gasteiger partial charge in [-0.05, 0) is 30.5 Å². The van der Waals surface area contributed by atoms with Gasteiger partial charge < -0.3 is 10.2 Å². The number of halogens is 1. The van der Waals surface area contributed by atoms with Gasteiger partial charge in [0, 0.05) is 32.0 Å². The molecule has 0 radical (unpaired) electrons. The number of hydrogen-bond donors (Lipinski definition) is 1. The van der Waals surface area contributed by atoms with Gasteiger partial charge in [0.1, 0.15) is 12.4 Å². The normalized spacial score (nSPS) is 17.0. The minimum Gasteiger partial charge on any atom is -0.369 e. The van der Waals surface area contributed by atoms with Crippen molar-refractivity contribution in [2.24, 2.45) is 5.92 Å². The Kier molecular flexibility index (Phi) is 4.88. The number of aromatic nitrogens is 2. The zero-order chi connectivity index (χ0) is 16.9. The van der Waals surface area contributed by atoms with E-state index in [0.717, 1.165) is 13.0 Å². The molecule has 2 heterocycles. The van der Waals surface area contributed by atoms with E-state index in [0.29, 0.717) is 18.8 Å². The number of carbonyl (C=O) groups excluding carboxylic acids is 1. The van der Waals surface area contributed by atoms with Crippen molar-refractivity contribution in [1.82, 2.24) is 14.9 Å². The standard InChI is InChI=1S/C17H19FN4O2/c18-14-4-1-2-5-15(14)21-9-6-13(11-21)10-20-16(23)12-22-8-3-7-19-17(22)24/h1-5,7-8,13H,6,9-12H2,(H,20,23). The molecule has 0 aliphatic carbocycles. The van der Waals surface area contributed by atoms with Crippen molar-refractivity contribution in [3.05, 3.63) is 59.0 Å². The summed E-state index contributed by atoms with van der Waals surface area (Å²) in [6.07, 6.45) is 3.82. The quantitative estimate of drug-likeness (QED) is 0.889. The molecule has 6 nitrogen and oxygen atoms in total. The van der Waals surface area contributed by atoms with Crippen LogP contribution in [0, 0.1) is 11.7 Å². The molecule has 3 rings (SSSR count). The van der Waals surface area contributed by atoms with Crippen LogP contribution in [-0.2, 0) is 11.3 Å². The molecule has 7 heteroatoms. The van der Waals surface area contributed by atoms with E-state index in [1.54, 1.807) is 18.2 Å². The van der Waals surface area contributed by atoms with Crippen LogP contribution in [0.25, 0.3) is 0 Å². The number of nitrogens with one attached hydrogen (secondary N) is 1. The Morgan fingerprint density at radius 3 is 2.96 bits per heavy atom. The van der Waals surface area contributed by atoms with Gasteiger partial charge in [-0.15, -0.1) is 0 Å². The second kappa shape index (κ2) is 7.25. The first-order chi connectivity index (χ1) is 11.6. The Hall–Kier alpha value is -2.70. The molecule has 2 aromatic rings. The summed E-state index contributed by atoms with van der Waals surface area (Å²) in [5, 5.41) is 2.84. The minimum atomic E-state index is -0.445. The van der Waals surface area contributed by atoms with Crippen LogP contribution in [0.3, 0.4) is 0 Å². The number of carbonyl (C=O) groups is 1. The van der Waals surface area contributed by atoms with E-state index in [1.807, 2.05) is 11.0 Å². The molecule has 1 aliphatic heterocycles. The van der Waals surface area contributed by atoms with Gasteiger partial charge in [0.15, 0.2) is 0 Å². The summed E-state index contributed by atoms with van der Waals surface area (Å²) in [7, 11) is 0. The van der Waals surface area contributed by atoms with Crippen molar-refractivity contribution in [3.63, 3.8) is 0 Å². The van der Waals surface area contributed by atoms with Gasteiger partial charge in [0.2, 0.25) is 5.91 Å². The van der Waals surface area contributed by atoms with Crippen LogP contribution in [0.4, 0.5) is 10.1 Å². The molecule has 1 atom stereocenters. The highest BCUT2D eigenvalue weighted by atomic mass is 19.1. The smallest absolute Gasteiger partial charge is 0.347 e. The van der Waals surface area contributed by atoms with Crippen LogP contribution in [0.5, 0.6) is 0 Å². The lowest BCUT2D eigenvalue weighted by atomic mass is 10.1. The van der Waals surface area contributed by atoms with E-state index in [2.05, 4.69) is 10.3 Å². The van der Waals surface area contributed by atoms with Crippen LogP contribution in [-0.4, -0.2) is 35.1 Å². The first kappa shape index (κ1) is 16.2. The van der Waals surface area contributed by atoms with Crippen LogP contribution in [0.2, 0.25) is 0 Å². The lowest BCUT2D eigenvalue weighted by Crippen LogP contribution is -2.36. The van der Waals surface area contributed by atoms with Crippen LogP contribution in [0.15, 0.2) is 47.5 Å². The number of anilines is 1. The van der Waals surface area contributed by atoms with Crippen LogP contribution in [0.1, 0.15) is 6.42 Å². The molecule has 1 aliphatic rings. The summed E-state index contributed by atoms with van der Waals surface area (Å²) >= 11 is 0. The third-order valence-electron chi connectivity index (χ3n) is 4.16. The third-order valence-corrected chi connectivity index (χ3v) is 4.16. The van der Waals surface area contributed by atoms with Crippen LogP contribution >= 0.6 is 0 Å². The molecule has 0 saturated carbocycles. The van der Waals surface area contributed by atoms with E-state index in [4.69, 9.17) is 0 Å². The van der Waals surface area contributed by atoms with Gasteiger partial charge in [0.25, 0.3) is 0 Å². The maximum atomic E-state index is 13.8. The zero-order valence-corrected chi connectivity index (χ0v) is 13.2. The molecule has 1 aromatic heterocycles. The molecular weight excluding hydrogens is 311 g/mol. The summed E-state index contributed by atoms with van der Waals surface area (Å²) in [4.78, 5) is 29.0. The highest BCUT2D eigenvalue weighted by Gasteiger charge is 2.24. The molecule has 1 unspecified atom stereocenters. The second-order valence-corrected chi connectivity index (χ2v) is 5.89. The highest BCUT2D eigenvalue weighted by Crippen LogP contribution is 2.25. The van der Waals surface area contributed by atoms with Crippen molar-refractivity contribution in [2.75, 3.05) is 24.5 Å². The predicted octanol–water partition coefficient (Wildman–Crippen LogP) is 1.03. The molecule has 1 saturated heterocycles. The van der Waals surface area contributed by atoms with Crippen molar-refractivity contribution in [3.8, 4) is 0 Å². The van der Waals surface area contributed by atoms with Crippen molar-refractivity contribution >= 4 is 11.6 Å². The zero-order valence-electron chi connectivity index (χ0n) is 13.2. The summed E-state index contributed by atoms with van der Waals surface area (Å²) in [5.74, 6) is -0.188. The summed E-state index contributed by atoms with van der Waals surface area (Å²) < 4.78 is 15.1. The topological polar surface area (TPSA) is 67.2 Å². The van der Waals surface area contributed by atoms with E-state index in [9.17, 15) is 14.0 Å². The SMILES string of the molecule is O=C(Cn1cccnc1=O)NCC1CCN(c2ccccc2F)C1. The van der Waals surface area contributed by atoms with E-state index in [1.165, 1.54) is 23.0 Å². The fourth-order valence-electron chi connectivity index (χ4n) is 2.90. The Morgan fingerprint density at radius 1 is 1.33 bits per heavy atom. The Bertz CT molecular complexity index is 777. The average molecular weight is 330 g/mol. The fourth-order valence-corrected chi connectivity index (χ4v) is 2.90. The Labute approximate surface area is 138 Å². The third kappa shape index (κ3) is 3.79. The monoisotopic (exact) mass is 330 g/mol. The van der Waals surface area contributed by atoms with Crippen molar-refractivity contribution in [2.45, 2.75) is 13.0 Å². The number of nitrogens with zero attached hydrogens (tertiary/aromatic N) is 3. The number of benzene rings is 1. The molecule has 0 spiro atoms. The lowest BCUT2D eigenvalue weighted by molar-refractivity contribution is -0.121. The summed E-state index contributed by atoms with van der Waals surface area (Å²) in [6, 6.07) is 8.32. The van der Waals surface area contributed by atoms with E-state index >= 15 is 0 Å². The first-order valence-electron chi connectivity index (χ1n) is 7.91. The van der Waals surface area contributed by atoms with Gasteiger partial charge >= 0.3 is 5.69 Å². The average Bonchev–Trinajstić information content (AvgIpc) is 3.04. The molecular formula is C17H19FN4O2. The van der Waals surface area contributed by atoms with Gasteiger partial charge in [-0.1, -0.05) is 12.1 Å². The fraction of sp³-hybridized carbons (Fsp3) is 0.353. The number of para-hydroxylation sites is 1. The maximum absolute atomic E-state index is 13.8. The minimum absolute atomic E-state index is 0.0452. The molecule has 1 amide bonds. The molecule has 24 heavy (non-hydrogen) atoms. The Morgan fingerprint density at radius 2 is 2.17 bits per heavy atom. The Balaban J connectivity index is 1.50. The molecule has 1 N–H and O–H groups in total. The van der Waals surface area contributed by atoms with E-state index < -0.39 is 5.69 Å². The predicted molar refractivity (Wildman–Crippen MR) is 88.2 cm³/mol. The van der Waals surface area contributed by atoms with Gasteiger partial charge in [-0.25, -0.2) is 14.2 Å². The molecule has 1 fully saturated rings. The summed E-state index contributed by atoms with van der Waals surface area (Å²) in [6.45, 7) is 1.94. The van der Waals surface area contributed by atoms with Gasteiger partial charge in [0.05, 0.1) is 5.69 Å². The number of hydrogen-bond acceptors (Lipinski definition) is 4. The van der Waals surface area contributed by atoms with Crippen molar-refractivity contribution < 1.29 is 9.18 Å². The molecule has 126 valence electrons. The van der Waals surface area contributed by atoms with Crippen LogP contribution < -0.4 is 15.9 Å². The van der Waals surface area contributed by atoms with Gasteiger partial charge in [-0.3, -0.25) is 9.36 Å². The van der Waals surface area contributed by atoms with Gasteiger partial charge in [-0.2, -0.15) is 0 Å². The lowest BCUT2D eigenvalue weighted by Gasteiger charge is -2.19. The van der Waals surface area contributed by atoms with E-state index in [-0.39, 0.29) is 24.2 Å². The number of amides is 1. The second-order valence-electron chi connectivity index (χ2n) is 5.89. The number of rotatable bonds is 5. The maximum Gasteiger partial charge on any atom is 0.347 e. The largest absolute Gasteiger partial charge is 0.369 e.